The molecule has 1 heterocycles. The minimum Gasteiger partial charge on any atom is -0.383 e. The van der Waals surface area contributed by atoms with E-state index < -0.39 is 0 Å². The second kappa shape index (κ2) is 4.45. The molecule has 0 aliphatic heterocycles. The van der Waals surface area contributed by atoms with Crippen LogP contribution in [0.1, 0.15) is 32.8 Å². The van der Waals surface area contributed by atoms with Gasteiger partial charge in [0.1, 0.15) is 0 Å². The Labute approximate surface area is 86.8 Å². The van der Waals surface area contributed by atoms with Gasteiger partial charge in [0.2, 0.25) is 0 Å². The first-order valence-electron chi connectivity index (χ1n) is 5.19. The molecular weight excluding hydrogens is 172 g/mol. The number of nitrogens with zero attached hydrogens (tertiary/aromatic N) is 1. The summed E-state index contributed by atoms with van der Waals surface area (Å²) in [7, 11) is 0. The maximum Gasteiger partial charge on any atom is 0.0556 e. The van der Waals surface area contributed by atoms with E-state index >= 15 is 0 Å². The van der Waals surface area contributed by atoms with Crippen molar-refractivity contribution in [2.75, 3.05) is 11.9 Å². The fraction of sp³-hybridized carbons (Fsp3) is 0.583. The lowest BCUT2D eigenvalue weighted by Crippen LogP contribution is -2.22. The first kappa shape index (κ1) is 11.0. The van der Waals surface area contributed by atoms with E-state index in [4.69, 9.17) is 0 Å². The van der Waals surface area contributed by atoms with Crippen molar-refractivity contribution < 1.29 is 0 Å². The minimum absolute atomic E-state index is 0.349. The molecule has 1 aromatic rings. The van der Waals surface area contributed by atoms with E-state index in [1.54, 1.807) is 0 Å². The van der Waals surface area contributed by atoms with Gasteiger partial charge in [-0.2, -0.15) is 0 Å². The van der Waals surface area contributed by atoms with E-state index in [0.29, 0.717) is 5.41 Å². The van der Waals surface area contributed by atoms with Crippen molar-refractivity contribution >= 4 is 5.69 Å². The lowest BCUT2D eigenvalue weighted by atomic mass is 9.90. The molecule has 0 unspecified atom stereocenters. The number of rotatable bonds is 4. The van der Waals surface area contributed by atoms with Crippen LogP contribution in [0.5, 0.6) is 0 Å². The minimum atomic E-state index is 0.349. The number of anilines is 1. The third kappa shape index (κ3) is 3.02. The summed E-state index contributed by atoms with van der Waals surface area (Å²) in [5.74, 6) is 0. The summed E-state index contributed by atoms with van der Waals surface area (Å²) in [6.45, 7) is 9.86. The Morgan fingerprint density at radius 1 is 1.43 bits per heavy atom. The zero-order valence-electron chi connectivity index (χ0n) is 9.59. The van der Waals surface area contributed by atoms with Crippen LogP contribution in [0.2, 0.25) is 0 Å². The Balaban J connectivity index is 2.58. The summed E-state index contributed by atoms with van der Waals surface area (Å²) in [4.78, 5) is 4.11. The summed E-state index contributed by atoms with van der Waals surface area (Å²) in [5, 5.41) is 3.44. The van der Waals surface area contributed by atoms with Crippen LogP contribution >= 0.6 is 0 Å². The maximum absolute atomic E-state index is 4.11. The smallest absolute Gasteiger partial charge is 0.0556 e. The van der Waals surface area contributed by atoms with Gasteiger partial charge in [-0.3, -0.25) is 4.98 Å². The predicted molar refractivity (Wildman–Crippen MR) is 61.5 cm³/mol. The summed E-state index contributed by atoms with van der Waals surface area (Å²) < 4.78 is 0. The van der Waals surface area contributed by atoms with Gasteiger partial charge < -0.3 is 5.32 Å². The first-order valence-corrected chi connectivity index (χ1v) is 5.19. The number of aromatic nitrogens is 1. The second-order valence-corrected chi connectivity index (χ2v) is 4.56. The molecular formula is C12H20N2. The quantitative estimate of drug-likeness (QED) is 0.792. The average Bonchev–Trinajstić information content (AvgIpc) is 2.17. The van der Waals surface area contributed by atoms with Crippen molar-refractivity contribution in [1.82, 2.24) is 4.98 Å². The molecule has 0 fully saturated rings. The van der Waals surface area contributed by atoms with E-state index in [1.807, 2.05) is 18.5 Å². The monoisotopic (exact) mass is 192 g/mol. The van der Waals surface area contributed by atoms with Crippen molar-refractivity contribution in [3.8, 4) is 0 Å². The molecule has 0 bridgehead atoms. The van der Waals surface area contributed by atoms with Crippen LogP contribution in [0, 0.1) is 12.3 Å². The van der Waals surface area contributed by atoms with E-state index in [1.165, 1.54) is 12.0 Å². The SMILES string of the molecule is CCC(C)(C)CNc1cnccc1C. The summed E-state index contributed by atoms with van der Waals surface area (Å²) in [5.41, 5.74) is 2.75. The summed E-state index contributed by atoms with van der Waals surface area (Å²) in [6, 6.07) is 2.03. The third-order valence-corrected chi connectivity index (χ3v) is 2.75. The predicted octanol–water partition coefficient (Wildman–Crippen LogP) is 3.24. The molecule has 0 spiro atoms. The summed E-state index contributed by atoms with van der Waals surface area (Å²) >= 11 is 0. The van der Waals surface area contributed by atoms with Crippen LogP contribution in [0.4, 0.5) is 5.69 Å². The molecule has 0 aromatic carbocycles. The molecule has 78 valence electrons. The highest BCUT2D eigenvalue weighted by Crippen LogP contribution is 2.21. The van der Waals surface area contributed by atoms with Crippen molar-refractivity contribution in [1.29, 1.82) is 0 Å². The molecule has 0 atom stereocenters. The Bertz CT molecular complexity index is 292. The van der Waals surface area contributed by atoms with Crippen LogP contribution < -0.4 is 5.32 Å². The van der Waals surface area contributed by atoms with Gasteiger partial charge >= 0.3 is 0 Å². The fourth-order valence-corrected chi connectivity index (χ4v) is 1.11. The van der Waals surface area contributed by atoms with Gasteiger partial charge in [-0.05, 0) is 30.4 Å². The Kier molecular flexibility index (Phi) is 3.50. The largest absolute Gasteiger partial charge is 0.383 e. The molecule has 2 nitrogen and oxygen atoms in total. The molecule has 1 aromatic heterocycles. The summed E-state index contributed by atoms with van der Waals surface area (Å²) in [6.07, 6.45) is 4.89. The van der Waals surface area contributed by atoms with E-state index in [0.717, 1.165) is 12.2 Å². The number of nitrogens with one attached hydrogen (secondary N) is 1. The van der Waals surface area contributed by atoms with Gasteiger partial charge in [0.25, 0.3) is 0 Å². The van der Waals surface area contributed by atoms with Gasteiger partial charge in [-0.1, -0.05) is 20.8 Å². The first-order chi connectivity index (χ1) is 6.55. The zero-order chi connectivity index (χ0) is 10.6. The number of hydrogen-bond donors (Lipinski definition) is 1. The molecule has 0 aliphatic carbocycles. The molecule has 0 saturated heterocycles. The topological polar surface area (TPSA) is 24.9 Å². The van der Waals surface area contributed by atoms with Gasteiger partial charge in [0.05, 0.1) is 11.9 Å². The van der Waals surface area contributed by atoms with Crippen molar-refractivity contribution in [3.05, 3.63) is 24.0 Å². The van der Waals surface area contributed by atoms with Gasteiger partial charge in [0.15, 0.2) is 0 Å². The Morgan fingerprint density at radius 2 is 2.14 bits per heavy atom. The number of pyridine rings is 1. The van der Waals surface area contributed by atoms with Gasteiger partial charge in [0, 0.05) is 12.7 Å². The van der Waals surface area contributed by atoms with Crippen LogP contribution in [-0.2, 0) is 0 Å². The Morgan fingerprint density at radius 3 is 2.71 bits per heavy atom. The lowest BCUT2D eigenvalue weighted by molar-refractivity contribution is 0.377. The standard InChI is InChI=1S/C12H20N2/c1-5-12(3,4)9-14-11-8-13-7-6-10(11)2/h6-8,14H,5,9H2,1-4H3. The maximum atomic E-state index is 4.11. The van der Waals surface area contributed by atoms with Crippen LogP contribution in [-0.4, -0.2) is 11.5 Å². The molecule has 0 amide bonds. The molecule has 1 rings (SSSR count). The number of aryl methyl sites for hydroxylation is 1. The van der Waals surface area contributed by atoms with Crippen molar-refractivity contribution in [3.63, 3.8) is 0 Å². The molecule has 14 heavy (non-hydrogen) atoms. The lowest BCUT2D eigenvalue weighted by Gasteiger charge is -2.23. The average molecular weight is 192 g/mol. The van der Waals surface area contributed by atoms with Gasteiger partial charge in [-0.25, -0.2) is 0 Å². The van der Waals surface area contributed by atoms with Crippen LogP contribution in [0.3, 0.4) is 0 Å². The molecule has 0 radical (unpaired) electrons. The highest BCUT2D eigenvalue weighted by atomic mass is 14.9. The fourth-order valence-electron chi connectivity index (χ4n) is 1.11. The van der Waals surface area contributed by atoms with E-state index in [2.05, 4.69) is 38.0 Å². The van der Waals surface area contributed by atoms with Gasteiger partial charge in [-0.15, -0.1) is 0 Å². The molecule has 0 aliphatic rings. The highest BCUT2D eigenvalue weighted by molar-refractivity contribution is 5.47. The van der Waals surface area contributed by atoms with E-state index in [9.17, 15) is 0 Å². The van der Waals surface area contributed by atoms with Crippen molar-refractivity contribution in [2.45, 2.75) is 34.1 Å². The van der Waals surface area contributed by atoms with Crippen LogP contribution in [0.15, 0.2) is 18.5 Å². The van der Waals surface area contributed by atoms with Crippen molar-refractivity contribution in [2.24, 2.45) is 5.41 Å². The molecule has 2 heteroatoms. The third-order valence-electron chi connectivity index (χ3n) is 2.75. The number of hydrogen-bond acceptors (Lipinski definition) is 2. The Hall–Kier alpha value is -1.05. The zero-order valence-corrected chi connectivity index (χ0v) is 9.59. The van der Waals surface area contributed by atoms with Crippen LogP contribution in [0.25, 0.3) is 0 Å². The normalized spacial score (nSPS) is 11.4. The highest BCUT2D eigenvalue weighted by Gasteiger charge is 2.14. The molecule has 0 saturated carbocycles. The molecule has 1 N–H and O–H groups in total. The van der Waals surface area contributed by atoms with E-state index in [-0.39, 0.29) is 0 Å². The second-order valence-electron chi connectivity index (χ2n) is 4.56.